The average molecular weight is 251 g/mol. The van der Waals surface area contributed by atoms with Gasteiger partial charge in [0.1, 0.15) is 12.1 Å². The predicted octanol–water partition coefficient (Wildman–Crippen LogP) is 2.12. The number of rotatable bonds is 7. The molecule has 5 nitrogen and oxygen atoms in total. The monoisotopic (exact) mass is 251 g/mol. The fourth-order valence-electron chi connectivity index (χ4n) is 1.77. The summed E-state index contributed by atoms with van der Waals surface area (Å²) in [5.41, 5.74) is 1.00. The van der Waals surface area contributed by atoms with Crippen LogP contribution in [0.15, 0.2) is 12.4 Å². The molecule has 0 bridgehead atoms. The SMILES string of the molecule is CCc1cc(N(CCCC(=O)O)C(C)C)ncn1. The molecule has 0 aliphatic heterocycles. The van der Waals surface area contributed by atoms with E-state index < -0.39 is 5.97 Å². The largest absolute Gasteiger partial charge is 0.481 e. The molecule has 0 unspecified atom stereocenters. The van der Waals surface area contributed by atoms with Crippen LogP contribution in [-0.2, 0) is 11.2 Å². The van der Waals surface area contributed by atoms with E-state index in [1.54, 1.807) is 6.33 Å². The molecule has 0 saturated carbocycles. The minimum atomic E-state index is -0.754. The van der Waals surface area contributed by atoms with Gasteiger partial charge in [-0.3, -0.25) is 4.79 Å². The summed E-state index contributed by atoms with van der Waals surface area (Å²) >= 11 is 0. The Morgan fingerprint density at radius 3 is 2.72 bits per heavy atom. The number of hydrogen-bond acceptors (Lipinski definition) is 4. The fourth-order valence-corrected chi connectivity index (χ4v) is 1.77. The summed E-state index contributed by atoms with van der Waals surface area (Å²) in [6.45, 7) is 6.91. The van der Waals surface area contributed by atoms with E-state index in [2.05, 4.69) is 35.6 Å². The molecular formula is C13H21N3O2. The maximum absolute atomic E-state index is 10.5. The van der Waals surface area contributed by atoms with Gasteiger partial charge < -0.3 is 10.0 Å². The standard InChI is InChI=1S/C13H21N3O2/c1-4-11-8-12(15-9-14-11)16(10(2)3)7-5-6-13(17)18/h8-10H,4-7H2,1-3H3,(H,17,18). The van der Waals surface area contributed by atoms with Crippen LogP contribution >= 0.6 is 0 Å². The summed E-state index contributed by atoms with van der Waals surface area (Å²) in [5.74, 6) is 0.123. The van der Waals surface area contributed by atoms with Crippen LogP contribution in [-0.4, -0.2) is 33.6 Å². The zero-order chi connectivity index (χ0) is 13.5. The number of aryl methyl sites for hydroxylation is 1. The Balaban J connectivity index is 2.73. The lowest BCUT2D eigenvalue weighted by atomic mass is 10.2. The minimum absolute atomic E-state index is 0.189. The Morgan fingerprint density at radius 2 is 2.17 bits per heavy atom. The van der Waals surface area contributed by atoms with Crippen molar-refractivity contribution in [3.05, 3.63) is 18.1 Å². The van der Waals surface area contributed by atoms with Gasteiger partial charge in [-0.25, -0.2) is 9.97 Å². The maximum atomic E-state index is 10.5. The number of anilines is 1. The zero-order valence-electron chi connectivity index (χ0n) is 11.3. The number of nitrogens with zero attached hydrogens (tertiary/aromatic N) is 3. The van der Waals surface area contributed by atoms with E-state index in [4.69, 9.17) is 5.11 Å². The average Bonchev–Trinajstić information content (AvgIpc) is 2.34. The molecule has 0 amide bonds. The molecule has 0 aliphatic carbocycles. The van der Waals surface area contributed by atoms with E-state index in [0.29, 0.717) is 19.0 Å². The van der Waals surface area contributed by atoms with Crippen LogP contribution in [0.5, 0.6) is 0 Å². The molecule has 5 heteroatoms. The fraction of sp³-hybridized carbons (Fsp3) is 0.615. The molecule has 0 spiro atoms. The molecule has 1 N–H and O–H groups in total. The van der Waals surface area contributed by atoms with Gasteiger partial charge in [0.25, 0.3) is 0 Å². The molecule has 1 rings (SSSR count). The van der Waals surface area contributed by atoms with Crippen molar-refractivity contribution in [2.45, 2.75) is 46.1 Å². The second-order valence-electron chi connectivity index (χ2n) is 4.51. The summed E-state index contributed by atoms with van der Waals surface area (Å²) < 4.78 is 0. The van der Waals surface area contributed by atoms with Crippen molar-refractivity contribution in [2.24, 2.45) is 0 Å². The molecule has 18 heavy (non-hydrogen) atoms. The molecular weight excluding hydrogens is 230 g/mol. The van der Waals surface area contributed by atoms with Gasteiger partial charge in [-0.05, 0) is 26.7 Å². The zero-order valence-corrected chi connectivity index (χ0v) is 11.3. The van der Waals surface area contributed by atoms with Gasteiger partial charge in [-0.15, -0.1) is 0 Å². The number of carboxylic acid groups (broad SMARTS) is 1. The quantitative estimate of drug-likeness (QED) is 0.804. The van der Waals surface area contributed by atoms with Crippen LogP contribution in [0.2, 0.25) is 0 Å². The molecule has 0 aromatic carbocycles. The van der Waals surface area contributed by atoms with E-state index in [9.17, 15) is 4.79 Å². The van der Waals surface area contributed by atoms with Gasteiger partial charge in [0.15, 0.2) is 0 Å². The van der Waals surface area contributed by atoms with Crippen LogP contribution in [0, 0.1) is 0 Å². The van der Waals surface area contributed by atoms with E-state index in [1.807, 2.05) is 6.07 Å². The third-order valence-electron chi connectivity index (χ3n) is 2.78. The van der Waals surface area contributed by atoms with Gasteiger partial charge in [0, 0.05) is 30.8 Å². The summed E-state index contributed by atoms with van der Waals surface area (Å²) in [5, 5.41) is 8.67. The molecule has 0 aliphatic rings. The molecule has 0 fully saturated rings. The Labute approximate surface area is 108 Å². The van der Waals surface area contributed by atoms with Gasteiger partial charge in [-0.1, -0.05) is 6.92 Å². The van der Waals surface area contributed by atoms with E-state index in [1.165, 1.54) is 0 Å². The van der Waals surface area contributed by atoms with E-state index >= 15 is 0 Å². The van der Waals surface area contributed by atoms with Gasteiger partial charge in [0.05, 0.1) is 0 Å². The van der Waals surface area contributed by atoms with E-state index in [-0.39, 0.29) is 6.42 Å². The first-order valence-corrected chi connectivity index (χ1v) is 6.34. The van der Waals surface area contributed by atoms with Crippen molar-refractivity contribution in [1.82, 2.24) is 9.97 Å². The first-order valence-electron chi connectivity index (χ1n) is 6.34. The topological polar surface area (TPSA) is 66.3 Å². The van der Waals surface area contributed by atoms with Crippen LogP contribution < -0.4 is 4.90 Å². The van der Waals surface area contributed by atoms with Gasteiger partial charge >= 0.3 is 5.97 Å². The molecule has 100 valence electrons. The molecule has 1 aromatic heterocycles. The number of aromatic nitrogens is 2. The summed E-state index contributed by atoms with van der Waals surface area (Å²) in [4.78, 5) is 21.1. The number of hydrogen-bond donors (Lipinski definition) is 1. The van der Waals surface area contributed by atoms with Crippen molar-refractivity contribution >= 4 is 11.8 Å². The molecule has 0 atom stereocenters. The normalized spacial score (nSPS) is 10.7. The van der Waals surface area contributed by atoms with Crippen LogP contribution in [0.4, 0.5) is 5.82 Å². The van der Waals surface area contributed by atoms with Crippen molar-refractivity contribution in [1.29, 1.82) is 0 Å². The molecule has 0 radical (unpaired) electrons. The Kier molecular flexibility index (Phi) is 5.55. The van der Waals surface area contributed by atoms with Crippen molar-refractivity contribution in [2.75, 3.05) is 11.4 Å². The molecule has 1 aromatic rings. The minimum Gasteiger partial charge on any atom is -0.481 e. The maximum Gasteiger partial charge on any atom is 0.303 e. The highest BCUT2D eigenvalue weighted by atomic mass is 16.4. The highest BCUT2D eigenvalue weighted by molar-refractivity contribution is 5.66. The lowest BCUT2D eigenvalue weighted by Crippen LogP contribution is -2.33. The van der Waals surface area contributed by atoms with Crippen molar-refractivity contribution in [3.63, 3.8) is 0 Å². The highest BCUT2D eigenvalue weighted by Crippen LogP contribution is 2.15. The van der Waals surface area contributed by atoms with Crippen LogP contribution in [0.1, 0.15) is 39.3 Å². The Hall–Kier alpha value is -1.65. The molecule has 1 heterocycles. The van der Waals surface area contributed by atoms with E-state index in [0.717, 1.165) is 17.9 Å². The Bertz CT molecular complexity index is 394. The number of aliphatic carboxylic acids is 1. The lowest BCUT2D eigenvalue weighted by Gasteiger charge is -2.27. The number of carbonyl (C=O) groups is 1. The van der Waals surface area contributed by atoms with Gasteiger partial charge in [-0.2, -0.15) is 0 Å². The number of carboxylic acids is 1. The van der Waals surface area contributed by atoms with Gasteiger partial charge in [0.2, 0.25) is 0 Å². The summed E-state index contributed by atoms with van der Waals surface area (Å²) in [6.07, 6.45) is 3.26. The first-order chi connectivity index (χ1) is 8.54. The molecule has 0 saturated heterocycles. The van der Waals surface area contributed by atoms with Crippen LogP contribution in [0.25, 0.3) is 0 Å². The van der Waals surface area contributed by atoms with Crippen molar-refractivity contribution < 1.29 is 9.90 Å². The third-order valence-corrected chi connectivity index (χ3v) is 2.78. The third kappa shape index (κ3) is 4.31. The van der Waals surface area contributed by atoms with Crippen LogP contribution in [0.3, 0.4) is 0 Å². The smallest absolute Gasteiger partial charge is 0.303 e. The highest BCUT2D eigenvalue weighted by Gasteiger charge is 2.12. The van der Waals surface area contributed by atoms with Crippen molar-refractivity contribution in [3.8, 4) is 0 Å². The Morgan fingerprint density at radius 1 is 1.44 bits per heavy atom. The summed E-state index contributed by atoms with van der Waals surface area (Å²) in [7, 11) is 0. The summed E-state index contributed by atoms with van der Waals surface area (Å²) in [6, 6.07) is 2.26. The lowest BCUT2D eigenvalue weighted by molar-refractivity contribution is -0.137. The second kappa shape index (κ2) is 6.93. The predicted molar refractivity (Wildman–Crippen MR) is 70.8 cm³/mol. The second-order valence-corrected chi connectivity index (χ2v) is 4.51. The first kappa shape index (κ1) is 14.4.